The maximum Gasteiger partial charge on any atom is 0.298 e. The number of hydrogen-bond donors (Lipinski definition) is 2. The normalized spacial score (nSPS) is 26.5. The van der Waals surface area contributed by atoms with Crippen LogP contribution in [0.15, 0.2) is 17.1 Å². The third-order valence-corrected chi connectivity index (χ3v) is 2.86. The first-order valence-electron chi connectivity index (χ1n) is 5.67. The van der Waals surface area contributed by atoms with Crippen molar-refractivity contribution >= 4 is 11.9 Å². The predicted molar refractivity (Wildman–Crippen MR) is 61.7 cm³/mol. The molecule has 2 N–H and O–H groups in total. The maximum atomic E-state index is 11.3. The van der Waals surface area contributed by atoms with Gasteiger partial charge >= 0.3 is 0 Å². The van der Waals surface area contributed by atoms with E-state index in [2.05, 4.69) is 11.6 Å². The summed E-state index contributed by atoms with van der Waals surface area (Å²) in [5, 5.41) is 18.5. The third-order valence-electron chi connectivity index (χ3n) is 2.86. The molecule has 0 aromatic heterocycles. The molecule has 1 saturated heterocycles. The Morgan fingerprint density at radius 2 is 2.44 bits per heavy atom. The van der Waals surface area contributed by atoms with Gasteiger partial charge in [-0.2, -0.15) is 4.99 Å². The summed E-state index contributed by atoms with van der Waals surface area (Å²) in [5.74, 6) is -0.392. The molecule has 1 fully saturated rings. The summed E-state index contributed by atoms with van der Waals surface area (Å²) < 4.78 is 10.8. The Hall–Kier alpha value is -1.44. The Morgan fingerprint density at radius 1 is 1.72 bits per heavy atom. The fourth-order valence-electron chi connectivity index (χ4n) is 1.77. The number of amides is 1. The van der Waals surface area contributed by atoms with Gasteiger partial charge in [0.25, 0.3) is 11.9 Å². The van der Waals surface area contributed by atoms with Gasteiger partial charge in [0.2, 0.25) is 0 Å². The molecule has 18 heavy (non-hydrogen) atoms. The molecule has 0 bridgehead atoms. The van der Waals surface area contributed by atoms with Crippen LogP contribution in [0.4, 0.5) is 0 Å². The van der Waals surface area contributed by atoms with E-state index >= 15 is 0 Å². The van der Waals surface area contributed by atoms with Crippen molar-refractivity contribution in [3.05, 3.63) is 12.2 Å². The minimum absolute atomic E-state index is 0.197. The molecule has 2 rings (SSSR count). The molecular formula is C11H16N2O5. The Kier molecular flexibility index (Phi) is 3.65. The number of ether oxygens (including phenoxy) is 2. The van der Waals surface area contributed by atoms with Gasteiger partial charge < -0.3 is 19.7 Å². The minimum Gasteiger partial charge on any atom is -0.460 e. The maximum absolute atomic E-state index is 11.3. The van der Waals surface area contributed by atoms with Gasteiger partial charge in [-0.05, 0) is 6.92 Å². The van der Waals surface area contributed by atoms with Crippen molar-refractivity contribution in [3.63, 3.8) is 0 Å². The lowest BCUT2D eigenvalue weighted by Crippen LogP contribution is -2.45. The van der Waals surface area contributed by atoms with Crippen molar-refractivity contribution in [2.24, 2.45) is 4.99 Å². The number of fused-ring (bicyclic) bond motifs is 1. The van der Waals surface area contributed by atoms with Crippen LogP contribution in [-0.4, -0.2) is 65.2 Å². The van der Waals surface area contributed by atoms with Crippen molar-refractivity contribution < 1.29 is 24.5 Å². The number of carbonyl (C=O) groups excluding carboxylic acids is 1. The van der Waals surface area contributed by atoms with Crippen LogP contribution in [0.3, 0.4) is 0 Å². The second-order valence-corrected chi connectivity index (χ2v) is 4.29. The summed E-state index contributed by atoms with van der Waals surface area (Å²) in [6.07, 6.45) is -1.99. The highest BCUT2D eigenvalue weighted by molar-refractivity contribution is 6.03. The van der Waals surface area contributed by atoms with Crippen LogP contribution in [0.2, 0.25) is 0 Å². The van der Waals surface area contributed by atoms with E-state index < -0.39 is 24.3 Å². The molecule has 0 radical (unpaired) electrons. The molecule has 100 valence electrons. The summed E-state index contributed by atoms with van der Waals surface area (Å²) in [5.41, 5.74) is 0.357. The number of carbonyl (C=O) groups is 1. The smallest absolute Gasteiger partial charge is 0.298 e. The Bertz CT molecular complexity index is 393. The molecule has 0 aromatic rings. The van der Waals surface area contributed by atoms with Crippen LogP contribution in [0.1, 0.15) is 6.92 Å². The second-order valence-electron chi connectivity index (χ2n) is 4.29. The lowest BCUT2D eigenvalue weighted by Gasteiger charge is -2.29. The van der Waals surface area contributed by atoms with Gasteiger partial charge in [-0.25, -0.2) is 0 Å². The lowest BCUT2D eigenvalue weighted by molar-refractivity contribution is -0.125. The van der Waals surface area contributed by atoms with Crippen LogP contribution >= 0.6 is 0 Å². The Balaban J connectivity index is 2.07. The van der Waals surface area contributed by atoms with E-state index in [1.807, 2.05) is 0 Å². The van der Waals surface area contributed by atoms with Crippen LogP contribution in [0.5, 0.6) is 0 Å². The molecule has 2 aliphatic rings. The van der Waals surface area contributed by atoms with Crippen LogP contribution in [0.25, 0.3) is 0 Å². The number of nitrogens with zero attached hydrogens (tertiary/aromatic N) is 2. The zero-order valence-electron chi connectivity index (χ0n) is 10.1. The molecule has 0 unspecified atom stereocenters. The standard InChI is InChI=1S/C11H16N2O5/c1-6-3-13-9(18-8(4-14)7(2)15)5-17-11(13)12-10(6)16/h7-9,14-15H,1,3-5H2,2H3/t7-,8+,9+/m1/s1. The number of amidine groups is 1. The summed E-state index contributed by atoms with van der Waals surface area (Å²) in [4.78, 5) is 16.7. The minimum atomic E-state index is -0.800. The fraction of sp³-hybridized carbons (Fsp3) is 0.636. The molecule has 0 aliphatic carbocycles. The van der Waals surface area contributed by atoms with Crippen LogP contribution in [0, 0.1) is 0 Å². The molecule has 1 amide bonds. The summed E-state index contributed by atoms with van der Waals surface area (Å²) in [6, 6.07) is 0.208. The SMILES string of the molecule is C=C1CN2C(=NC1=O)OC[C@@H]2O[C@@H](CO)[C@@H](C)O. The number of aliphatic hydroxyl groups excluding tert-OH is 2. The molecule has 7 heteroatoms. The average Bonchev–Trinajstić information content (AvgIpc) is 2.69. The highest BCUT2D eigenvalue weighted by Crippen LogP contribution is 2.21. The van der Waals surface area contributed by atoms with Crippen LogP contribution < -0.4 is 0 Å². The molecule has 0 aromatic carbocycles. The van der Waals surface area contributed by atoms with E-state index in [4.69, 9.17) is 14.6 Å². The number of hydrogen-bond acceptors (Lipinski definition) is 6. The van der Waals surface area contributed by atoms with Gasteiger partial charge in [0, 0.05) is 5.57 Å². The third kappa shape index (κ3) is 2.38. The van der Waals surface area contributed by atoms with E-state index in [1.54, 1.807) is 4.90 Å². The zero-order chi connectivity index (χ0) is 13.3. The number of aliphatic imine (C=N–C) groups is 1. The fourth-order valence-corrected chi connectivity index (χ4v) is 1.77. The second kappa shape index (κ2) is 5.05. The quantitative estimate of drug-likeness (QED) is 0.617. The Labute approximate surface area is 104 Å². The molecular weight excluding hydrogens is 240 g/mol. The van der Waals surface area contributed by atoms with Gasteiger partial charge in [0.1, 0.15) is 12.7 Å². The first-order chi connectivity index (χ1) is 8.52. The number of rotatable bonds is 4. The monoisotopic (exact) mass is 256 g/mol. The van der Waals surface area contributed by atoms with E-state index in [0.29, 0.717) is 5.57 Å². The van der Waals surface area contributed by atoms with Crippen molar-refractivity contribution in [3.8, 4) is 0 Å². The topological polar surface area (TPSA) is 91.6 Å². The van der Waals surface area contributed by atoms with Gasteiger partial charge in [0.15, 0.2) is 6.23 Å². The van der Waals surface area contributed by atoms with Gasteiger partial charge in [-0.1, -0.05) is 6.58 Å². The molecule has 2 heterocycles. The van der Waals surface area contributed by atoms with Crippen molar-refractivity contribution in [2.75, 3.05) is 19.8 Å². The molecule has 0 spiro atoms. The van der Waals surface area contributed by atoms with E-state index in [-0.39, 0.29) is 25.8 Å². The van der Waals surface area contributed by atoms with E-state index in [1.165, 1.54) is 6.92 Å². The predicted octanol–water partition coefficient (Wildman–Crippen LogP) is -1.14. The molecule has 2 aliphatic heterocycles. The zero-order valence-corrected chi connectivity index (χ0v) is 10.1. The van der Waals surface area contributed by atoms with Crippen molar-refractivity contribution in [1.29, 1.82) is 0 Å². The first kappa shape index (κ1) is 13.0. The van der Waals surface area contributed by atoms with E-state index in [9.17, 15) is 9.90 Å². The average molecular weight is 256 g/mol. The highest BCUT2D eigenvalue weighted by Gasteiger charge is 2.38. The van der Waals surface area contributed by atoms with Crippen LogP contribution in [-0.2, 0) is 14.3 Å². The first-order valence-corrected chi connectivity index (χ1v) is 5.67. The summed E-state index contributed by atoms with van der Waals surface area (Å²) in [6.45, 7) is 5.33. The highest BCUT2D eigenvalue weighted by atomic mass is 16.6. The largest absolute Gasteiger partial charge is 0.460 e. The van der Waals surface area contributed by atoms with Gasteiger partial charge in [-0.3, -0.25) is 9.69 Å². The molecule has 0 saturated carbocycles. The van der Waals surface area contributed by atoms with Crippen molar-refractivity contribution in [1.82, 2.24) is 4.90 Å². The van der Waals surface area contributed by atoms with E-state index in [0.717, 1.165) is 0 Å². The van der Waals surface area contributed by atoms with Gasteiger partial charge in [0.05, 0.1) is 19.3 Å². The molecule has 3 atom stereocenters. The molecule has 7 nitrogen and oxygen atoms in total. The lowest BCUT2D eigenvalue weighted by atomic mass is 10.2. The van der Waals surface area contributed by atoms with Gasteiger partial charge in [-0.15, -0.1) is 0 Å². The van der Waals surface area contributed by atoms with Crippen molar-refractivity contribution in [2.45, 2.75) is 25.4 Å². The summed E-state index contributed by atoms with van der Waals surface area (Å²) >= 11 is 0. The Morgan fingerprint density at radius 3 is 3.06 bits per heavy atom. The number of aliphatic hydroxyl groups is 2. The summed E-state index contributed by atoms with van der Waals surface area (Å²) in [7, 11) is 0.